The molecule has 0 aliphatic carbocycles. The van der Waals surface area contributed by atoms with Crippen molar-refractivity contribution in [3.05, 3.63) is 12.7 Å². The fraction of sp³-hybridized carbons (Fsp3) is 0.762. The van der Waals surface area contributed by atoms with E-state index in [2.05, 4.69) is 54.9 Å². The van der Waals surface area contributed by atoms with E-state index in [9.17, 15) is 0 Å². The predicted octanol–water partition coefficient (Wildman–Crippen LogP) is 3.50. The van der Waals surface area contributed by atoms with Crippen LogP contribution in [0.1, 0.15) is 66.5 Å². The van der Waals surface area contributed by atoms with Crippen LogP contribution in [0, 0.1) is 5.41 Å². The molecule has 1 unspecified atom stereocenters. The van der Waals surface area contributed by atoms with Crippen LogP contribution in [0.25, 0.3) is 11.2 Å². The van der Waals surface area contributed by atoms with Crippen molar-refractivity contribution >= 4 is 17.0 Å². The highest BCUT2D eigenvalue weighted by atomic mass is 16.5. The third kappa shape index (κ3) is 5.65. The molecule has 3 N–H and O–H groups in total. The van der Waals surface area contributed by atoms with E-state index in [4.69, 9.17) is 15.2 Å². The van der Waals surface area contributed by atoms with Gasteiger partial charge in [-0.2, -0.15) is 0 Å². The molecular weight excluding hydrogens is 368 g/mol. The van der Waals surface area contributed by atoms with Gasteiger partial charge in [-0.15, -0.1) is 0 Å². The maximum Gasteiger partial charge on any atom is 0.167 e. The van der Waals surface area contributed by atoms with E-state index in [1.807, 2.05) is 10.9 Å². The van der Waals surface area contributed by atoms with Crippen molar-refractivity contribution in [2.75, 3.05) is 25.0 Å². The van der Waals surface area contributed by atoms with Gasteiger partial charge in [0.1, 0.15) is 12.6 Å². The lowest BCUT2D eigenvalue weighted by atomic mass is 9.89. The van der Waals surface area contributed by atoms with Gasteiger partial charge in [0.25, 0.3) is 0 Å². The fourth-order valence-corrected chi connectivity index (χ4v) is 3.61. The minimum absolute atomic E-state index is 0.00298. The van der Waals surface area contributed by atoms with Gasteiger partial charge in [0.15, 0.2) is 17.0 Å². The second-order valence-electron chi connectivity index (χ2n) is 9.44. The number of hydrogen-bond acceptors (Lipinski definition) is 7. The van der Waals surface area contributed by atoms with E-state index in [0.29, 0.717) is 13.2 Å². The van der Waals surface area contributed by atoms with Gasteiger partial charge in [0.2, 0.25) is 0 Å². The minimum Gasteiger partial charge on any atom is -0.376 e. The van der Waals surface area contributed by atoms with Crippen LogP contribution in [-0.4, -0.2) is 50.9 Å². The quantitative estimate of drug-likeness (QED) is 0.625. The summed E-state index contributed by atoms with van der Waals surface area (Å²) in [7, 11) is 0. The average Bonchev–Trinajstić information content (AvgIpc) is 3.25. The molecule has 2 atom stereocenters. The third-order valence-electron chi connectivity index (χ3n) is 5.63. The first-order valence-electron chi connectivity index (χ1n) is 10.6. The van der Waals surface area contributed by atoms with E-state index < -0.39 is 0 Å². The van der Waals surface area contributed by atoms with Gasteiger partial charge >= 0.3 is 0 Å². The summed E-state index contributed by atoms with van der Waals surface area (Å²) in [6, 6.07) is 0. The molecule has 0 radical (unpaired) electrons. The Kier molecular flexibility index (Phi) is 6.76. The molecule has 3 heterocycles. The van der Waals surface area contributed by atoms with Crippen molar-refractivity contribution in [3.8, 4) is 0 Å². The van der Waals surface area contributed by atoms with Gasteiger partial charge in [-0.3, -0.25) is 4.57 Å². The van der Waals surface area contributed by atoms with Crippen LogP contribution in [0.15, 0.2) is 12.7 Å². The number of imidazole rings is 1. The molecule has 162 valence electrons. The highest BCUT2D eigenvalue weighted by Gasteiger charge is 2.26. The van der Waals surface area contributed by atoms with Gasteiger partial charge in [-0.05, 0) is 58.4 Å². The lowest BCUT2D eigenvalue weighted by Crippen LogP contribution is -2.31. The molecule has 0 bridgehead atoms. The summed E-state index contributed by atoms with van der Waals surface area (Å²) >= 11 is 0. The maximum atomic E-state index is 6.03. The molecule has 1 aliphatic heterocycles. The number of aromatic nitrogens is 4. The van der Waals surface area contributed by atoms with E-state index in [1.54, 1.807) is 6.33 Å². The SMILES string of the molecule is CC1CC[C@H](n2cnc3c(NCC(C)(C)CCOC(C)(C)CCN)ncnc32)O1. The normalized spacial score (nSPS) is 20.5. The number of fused-ring (bicyclic) bond motifs is 1. The Morgan fingerprint density at radius 2 is 2.00 bits per heavy atom. The molecule has 0 spiro atoms. The molecule has 8 heteroatoms. The Bertz CT molecular complexity index is 804. The van der Waals surface area contributed by atoms with Gasteiger partial charge < -0.3 is 20.5 Å². The molecule has 0 saturated carbocycles. The first kappa shape index (κ1) is 21.9. The van der Waals surface area contributed by atoms with E-state index >= 15 is 0 Å². The average molecular weight is 405 g/mol. The highest BCUT2D eigenvalue weighted by molar-refractivity contribution is 5.82. The second kappa shape index (κ2) is 8.93. The summed E-state index contributed by atoms with van der Waals surface area (Å²) in [6.45, 7) is 12.8. The molecule has 3 rings (SSSR count). The molecule has 1 fully saturated rings. The molecule has 2 aromatic rings. The lowest BCUT2D eigenvalue weighted by Gasteiger charge is -2.29. The molecule has 1 saturated heterocycles. The smallest absolute Gasteiger partial charge is 0.167 e. The number of nitrogens with two attached hydrogens (primary N) is 1. The van der Waals surface area contributed by atoms with Crippen LogP contribution in [0.4, 0.5) is 5.82 Å². The van der Waals surface area contributed by atoms with Crippen LogP contribution in [0.5, 0.6) is 0 Å². The lowest BCUT2D eigenvalue weighted by molar-refractivity contribution is -0.0316. The van der Waals surface area contributed by atoms with Crippen molar-refractivity contribution in [2.24, 2.45) is 11.1 Å². The minimum atomic E-state index is -0.177. The van der Waals surface area contributed by atoms with Gasteiger partial charge in [-0.1, -0.05) is 13.8 Å². The first-order chi connectivity index (χ1) is 13.7. The summed E-state index contributed by atoms with van der Waals surface area (Å²) in [5.41, 5.74) is 7.12. The van der Waals surface area contributed by atoms with Crippen LogP contribution in [0.3, 0.4) is 0 Å². The molecular formula is C21H36N6O2. The Balaban J connectivity index is 1.60. The van der Waals surface area contributed by atoms with E-state index in [-0.39, 0.29) is 23.3 Å². The van der Waals surface area contributed by atoms with Crippen molar-refractivity contribution in [1.82, 2.24) is 19.5 Å². The van der Waals surface area contributed by atoms with Crippen molar-refractivity contribution in [2.45, 2.75) is 78.2 Å². The topological polar surface area (TPSA) is 100 Å². The Hall–Kier alpha value is -1.77. The highest BCUT2D eigenvalue weighted by Crippen LogP contribution is 2.31. The molecule has 1 aliphatic rings. The van der Waals surface area contributed by atoms with E-state index in [0.717, 1.165) is 49.2 Å². The fourth-order valence-electron chi connectivity index (χ4n) is 3.61. The maximum absolute atomic E-state index is 6.03. The van der Waals surface area contributed by atoms with Gasteiger partial charge in [0.05, 0.1) is 18.0 Å². The van der Waals surface area contributed by atoms with Crippen molar-refractivity contribution in [3.63, 3.8) is 0 Å². The standard InChI is InChI=1S/C21H36N6O2/c1-15-6-7-16(29-15)27-14-26-17-18(24-13-25-19(17)27)23-12-20(2,3)9-11-28-21(4,5)8-10-22/h13-16H,6-12,22H2,1-5H3,(H,23,24,25)/t15?,16-/m1/s1. The number of nitrogens with one attached hydrogen (secondary N) is 1. The first-order valence-corrected chi connectivity index (χ1v) is 10.6. The molecule has 2 aromatic heterocycles. The van der Waals surface area contributed by atoms with Gasteiger partial charge in [-0.25, -0.2) is 15.0 Å². The number of ether oxygens (including phenoxy) is 2. The number of hydrogen-bond donors (Lipinski definition) is 2. The second-order valence-corrected chi connectivity index (χ2v) is 9.44. The number of nitrogens with zero attached hydrogens (tertiary/aromatic N) is 4. The van der Waals surface area contributed by atoms with Crippen LogP contribution < -0.4 is 11.1 Å². The number of rotatable bonds is 10. The summed E-state index contributed by atoms with van der Waals surface area (Å²) in [5, 5.41) is 3.47. The van der Waals surface area contributed by atoms with E-state index in [1.165, 1.54) is 0 Å². The van der Waals surface area contributed by atoms with Crippen molar-refractivity contribution in [1.29, 1.82) is 0 Å². The molecule has 0 aromatic carbocycles. The van der Waals surface area contributed by atoms with Crippen LogP contribution in [0.2, 0.25) is 0 Å². The summed E-state index contributed by atoms with van der Waals surface area (Å²) < 4.78 is 14.0. The van der Waals surface area contributed by atoms with Gasteiger partial charge in [0, 0.05) is 13.2 Å². The number of anilines is 1. The largest absolute Gasteiger partial charge is 0.376 e. The predicted molar refractivity (Wildman–Crippen MR) is 115 cm³/mol. The Morgan fingerprint density at radius 3 is 2.69 bits per heavy atom. The molecule has 8 nitrogen and oxygen atoms in total. The Labute approximate surface area is 173 Å². The summed E-state index contributed by atoms with van der Waals surface area (Å²) in [4.78, 5) is 13.4. The summed E-state index contributed by atoms with van der Waals surface area (Å²) in [5.74, 6) is 0.761. The zero-order valence-corrected chi connectivity index (χ0v) is 18.4. The van der Waals surface area contributed by atoms with Crippen LogP contribution >= 0.6 is 0 Å². The van der Waals surface area contributed by atoms with Crippen molar-refractivity contribution < 1.29 is 9.47 Å². The summed E-state index contributed by atoms with van der Waals surface area (Å²) in [6.07, 6.45) is 7.50. The Morgan fingerprint density at radius 1 is 1.21 bits per heavy atom. The molecule has 0 amide bonds. The zero-order valence-electron chi connectivity index (χ0n) is 18.4. The third-order valence-corrected chi connectivity index (χ3v) is 5.63. The monoisotopic (exact) mass is 404 g/mol. The molecule has 29 heavy (non-hydrogen) atoms. The van der Waals surface area contributed by atoms with Crippen LogP contribution in [-0.2, 0) is 9.47 Å². The zero-order chi connectivity index (χ0) is 21.1.